The van der Waals surface area contributed by atoms with Crippen LogP contribution in [0.15, 0.2) is 6.07 Å². The summed E-state index contributed by atoms with van der Waals surface area (Å²) < 4.78 is 0. The van der Waals surface area contributed by atoms with Crippen LogP contribution in [-0.4, -0.2) is 17.3 Å². The molecular weight excluding hydrogens is 266 g/mol. The first-order valence-electron chi connectivity index (χ1n) is 6.64. The largest absolute Gasteiger partial charge is 0.345 e. The predicted molar refractivity (Wildman–Crippen MR) is 77.8 cm³/mol. The molecule has 1 aromatic heterocycles. The molecule has 2 rings (SSSR count). The Kier molecular flexibility index (Phi) is 4.33. The fourth-order valence-electron chi connectivity index (χ4n) is 2.39. The van der Waals surface area contributed by atoms with E-state index in [9.17, 15) is 4.79 Å². The molecule has 0 unspecified atom stereocenters. The smallest absolute Gasteiger partial charge is 0.261 e. The molecule has 0 saturated carbocycles. The second kappa shape index (κ2) is 5.62. The number of fused-ring (bicyclic) bond motifs is 1. The number of aryl methyl sites for hydroxylation is 2. The first kappa shape index (κ1) is 13.9. The SMILES string of the molecule is CCC(CC)(CCl)NC(=O)c1cc2c(s1)CCC2. The predicted octanol–water partition coefficient (Wildman–Crippen LogP) is 3.76. The van der Waals surface area contributed by atoms with Crippen molar-refractivity contribution in [2.24, 2.45) is 0 Å². The van der Waals surface area contributed by atoms with Crippen LogP contribution in [0.1, 0.15) is 53.2 Å². The summed E-state index contributed by atoms with van der Waals surface area (Å²) in [6.07, 6.45) is 5.23. The van der Waals surface area contributed by atoms with Crippen LogP contribution in [0.25, 0.3) is 0 Å². The first-order chi connectivity index (χ1) is 8.64. The van der Waals surface area contributed by atoms with Crippen LogP contribution >= 0.6 is 22.9 Å². The normalized spacial score (nSPS) is 14.6. The van der Waals surface area contributed by atoms with Crippen LogP contribution in [0.4, 0.5) is 0 Å². The maximum Gasteiger partial charge on any atom is 0.261 e. The van der Waals surface area contributed by atoms with E-state index in [4.69, 9.17) is 11.6 Å². The second-order valence-corrected chi connectivity index (χ2v) is 6.39. The lowest BCUT2D eigenvalue weighted by atomic mass is 9.95. The lowest BCUT2D eigenvalue weighted by Crippen LogP contribution is -2.49. The number of hydrogen-bond donors (Lipinski definition) is 1. The van der Waals surface area contributed by atoms with Crippen molar-refractivity contribution in [1.82, 2.24) is 5.32 Å². The molecule has 0 bridgehead atoms. The Bertz CT molecular complexity index is 407. The third kappa shape index (κ3) is 2.57. The van der Waals surface area contributed by atoms with Gasteiger partial charge in [-0.15, -0.1) is 22.9 Å². The molecule has 2 nitrogen and oxygen atoms in total. The minimum Gasteiger partial charge on any atom is -0.345 e. The summed E-state index contributed by atoms with van der Waals surface area (Å²) in [5.41, 5.74) is 1.11. The maximum absolute atomic E-state index is 12.3. The van der Waals surface area contributed by atoms with Crippen molar-refractivity contribution < 1.29 is 4.79 Å². The molecule has 0 saturated heterocycles. The number of carbonyl (C=O) groups is 1. The van der Waals surface area contributed by atoms with Crippen LogP contribution in [0.3, 0.4) is 0 Å². The number of rotatable bonds is 5. The Morgan fingerprint density at radius 1 is 1.44 bits per heavy atom. The van der Waals surface area contributed by atoms with E-state index in [0.29, 0.717) is 5.88 Å². The molecule has 0 radical (unpaired) electrons. The molecule has 4 heteroatoms. The zero-order valence-electron chi connectivity index (χ0n) is 11.0. The lowest BCUT2D eigenvalue weighted by Gasteiger charge is -2.30. The van der Waals surface area contributed by atoms with Gasteiger partial charge in [-0.3, -0.25) is 4.79 Å². The number of thiophene rings is 1. The third-order valence-electron chi connectivity index (χ3n) is 3.96. The molecule has 0 atom stereocenters. The summed E-state index contributed by atoms with van der Waals surface area (Å²) in [7, 11) is 0. The molecule has 18 heavy (non-hydrogen) atoms. The molecule has 1 aromatic rings. The van der Waals surface area contributed by atoms with Gasteiger partial charge in [-0.05, 0) is 43.7 Å². The monoisotopic (exact) mass is 285 g/mol. The van der Waals surface area contributed by atoms with E-state index in [-0.39, 0.29) is 11.4 Å². The Morgan fingerprint density at radius 2 is 2.17 bits per heavy atom. The quantitative estimate of drug-likeness (QED) is 0.820. The Hall–Kier alpha value is -0.540. The van der Waals surface area contributed by atoms with Gasteiger partial charge in [0.15, 0.2) is 0 Å². The standard InChI is InChI=1S/C14H20ClNOS/c1-3-14(4-2,9-15)16-13(17)12-8-10-6-5-7-11(10)18-12/h8H,3-7,9H2,1-2H3,(H,16,17). The minimum atomic E-state index is -0.257. The molecule has 0 aromatic carbocycles. The lowest BCUT2D eigenvalue weighted by molar-refractivity contribution is 0.0906. The number of hydrogen-bond acceptors (Lipinski definition) is 2. The number of nitrogens with one attached hydrogen (secondary N) is 1. The maximum atomic E-state index is 12.3. The van der Waals surface area contributed by atoms with E-state index in [1.54, 1.807) is 11.3 Å². The van der Waals surface area contributed by atoms with E-state index in [1.165, 1.54) is 16.9 Å². The van der Waals surface area contributed by atoms with Gasteiger partial charge in [-0.1, -0.05) is 13.8 Å². The van der Waals surface area contributed by atoms with E-state index < -0.39 is 0 Å². The zero-order chi connectivity index (χ0) is 13.2. The number of amides is 1. The molecule has 100 valence electrons. The highest BCUT2D eigenvalue weighted by atomic mass is 35.5. The van der Waals surface area contributed by atoms with E-state index in [1.807, 2.05) is 0 Å². The topological polar surface area (TPSA) is 29.1 Å². The number of carbonyl (C=O) groups excluding carboxylic acids is 1. The summed E-state index contributed by atoms with van der Waals surface area (Å²) in [6, 6.07) is 2.06. The fourth-order valence-corrected chi connectivity index (χ4v) is 3.99. The van der Waals surface area contributed by atoms with Gasteiger partial charge in [0, 0.05) is 10.8 Å². The highest BCUT2D eigenvalue weighted by Gasteiger charge is 2.28. The third-order valence-corrected chi connectivity index (χ3v) is 5.71. The van der Waals surface area contributed by atoms with Gasteiger partial charge >= 0.3 is 0 Å². The molecule has 1 amide bonds. The molecule has 0 spiro atoms. The van der Waals surface area contributed by atoms with Gasteiger partial charge in [-0.2, -0.15) is 0 Å². The van der Waals surface area contributed by atoms with Crippen LogP contribution in [0.5, 0.6) is 0 Å². The Morgan fingerprint density at radius 3 is 2.72 bits per heavy atom. The molecule has 0 aliphatic heterocycles. The number of alkyl halides is 1. The Labute approximate surface area is 118 Å². The second-order valence-electron chi connectivity index (χ2n) is 4.99. The summed E-state index contributed by atoms with van der Waals surface area (Å²) in [6.45, 7) is 4.14. The highest BCUT2D eigenvalue weighted by Crippen LogP contribution is 2.31. The van der Waals surface area contributed by atoms with E-state index in [0.717, 1.165) is 30.6 Å². The molecule has 1 aliphatic carbocycles. The van der Waals surface area contributed by atoms with Gasteiger partial charge < -0.3 is 5.32 Å². The van der Waals surface area contributed by atoms with Crippen LogP contribution in [0, 0.1) is 0 Å². The van der Waals surface area contributed by atoms with Crippen molar-refractivity contribution in [2.75, 3.05) is 5.88 Å². The van der Waals surface area contributed by atoms with E-state index in [2.05, 4.69) is 25.2 Å². The first-order valence-corrected chi connectivity index (χ1v) is 7.99. The number of halogens is 1. The van der Waals surface area contributed by atoms with Gasteiger partial charge in [0.2, 0.25) is 0 Å². The van der Waals surface area contributed by atoms with Crippen molar-refractivity contribution in [3.05, 3.63) is 21.4 Å². The molecule has 0 fully saturated rings. The van der Waals surface area contributed by atoms with Gasteiger partial charge in [0.1, 0.15) is 0 Å². The summed E-state index contributed by atoms with van der Waals surface area (Å²) in [5.74, 6) is 0.510. The van der Waals surface area contributed by atoms with Crippen molar-refractivity contribution >= 4 is 28.8 Å². The fraction of sp³-hybridized carbons (Fsp3) is 0.643. The molecule has 1 heterocycles. The highest BCUT2D eigenvalue weighted by molar-refractivity contribution is 7.14. The Balaban J connectivity index is 2.11. The molecule has 1 aliphatic rings. The zero-order valence-corrected chi connectivity index (χ0v) is 12.6. The van der Waals surface area contributed by atoms with Gasteiger partial charge in [0.05, 0.1) is 10.4 Å². The summed E-state index contributed by atoms with van der Waals surface area (Å²) in [5, 5.41) is 3.12. The molecule has 1 N–H and O–H groups in total. The van der Waals surface area contributed by atoms with Crippen molar-refractivity contribution in [2.45, 2.75) is 51.5 Å². The molecular formula is C14H20ClNOS. The summed E-state index contributed by atoms with van der Waals surface area (Å²) in [4.78, 5) is 14.5. The van der Waals surface area contributed by atoms with Crippen LogP contribution < -0.4 is 5.32 Å². The summed E-state index contributed by atoms with van der Waals surface area (Å²) >= 11 is 7.67. The minimum absolute atomic E-state index is 0.0405. The van der Waals surface area contributed by atoms with Crippen LogP contribution in [-0.2, 0) is 12.8 Å². The van der Waals surface area contributed by atoms with Gasteiger partial charge in [-0.25, -0.2) is 0 Å². The van der Waals surface area contributed by atoms with Gasteiger partial charge in [0.25, 0.3) is 5.91 Å². The van der Waals surface area contributed by atoms with Crippen molar-refractivity contribution in [3.63, 3.8) is 0 Å². The average molecular weight is 286 g/mol. The van der Waals surface area contributed by atoms with Crippen LogP contribution in [0.2, 0.25) is 0 Å². The van der Waals surface area contributed by atoms with Crippen molar-refractivity contribution in [3.8, 4) is 0 Å². The van der Waals surface area contributed by atoms with Crippen molar-refractivity contribution in [1.29, 1.82) is 0 Å². The van der Waals surface area contributed by atoms with E-state index >= 15 is 0 Å². The average Bonchev–Trinajstić information content (AvgIpc) is 2.96.